The van der Waals surface area contributed by atoms with Crippen LogP contribution in [0.5, 0.6) is 5.75 Å². The highest BCUT2D eigenvalue weighted by atomic mass is 16.5. The molecule has 0 amide bonds. The van der Waals surface area contributed by atoms with Crippen LogP contribution >= 0.6 is 0 Å². The molecule has 4 aromatic rings. The van der Waals surface area contributed by atoms with E-state index >= 15 is 0 Å². The molecule has 34 heavy (non-hydrogen) atoms. The van der Waals surface area contributed by atoms with Crippen LogP contribution in [-0.4, -0.2) is 45.0 Å². The van der Waals surface area contributed by atoms with Gasteiger partial charge in [0, 0.05) is 42.0 Å². The van der Waals surface area contributed by atoms with Crippen molar-refractivity contribution in [1.29, 1.82) is 0 Å². The van der Waals surface area contributed by atoms with Crippen molar-refractivity contribution in [3.8, 4) is 28.3 Å². The van der Waals surface area contributed by atoms with Gasteiger partial charge < -0.3 is 19.3 Å². The number of ether oxygens (including phenoxy) is 2. The van der Waals surface area contributed by atoms with Gasteiger partial charge in [-0.3, -0.25) is 15.0 Å². The minimum absolute atomic E-state index is 0.154. The van der Waals surface area contributed by atoms with Gasteiger partial charge in [0.15, 0.2) is 0 Å². The van der Waals surface area contributed by atoms with Gasteiger partial charge in [0.25, 0.3) is 0 Å². The largest absolute Gasteiger partial charge is 0.489 e. The average molecular weight is 459 g/mol. The van der Waals surface area contributed by atoms with E-state index in [-0.39, 0.29) is 11.9 Å². The number of nitrogens with one attached hydrogen (secondary N) is 1. The number of carbonyl (C=O) groups is 1. The van der Waals surface area contributed by atoms with Crippen molar-refractivity contribution in [2.75, 3.05) is 13.2 Å². The number of nitrogens with zero attached hydrogens (tertiary/aromatic N) is 3. The molecule has 1 N–H and O–H groups in total. The zero-order chi connectivity index (χ0) is 24.1. The highest BCUT2D eigenvalue weighted by Crippen LogP contribution is 2.40. The summed E-state index contributed by atoms with van der Waals surface area (Å²) in [5.41, 5.74) is 7.45. The number of aryl methyl sites for hydroxylation is 2. The van der Waals surface area contributed by atoms with Crippen molar-refractivity contribution in [3.63, 3.8) is 0 Å². The number of aromatic nitrogens is 4. The maximum Gasteiger partial charge on any atom is 0.146 e. The first-order chi connectivity index (χ1) is 16.4. The number of H-pyrrole nitrogens is 1. The number of hydrogen-bond donors (Lipinski definition) is 1. The van der Waals surface area contributed by atoms with Crippen LogP contribution in [0, 0.1) is 13.8 Å². The minimum Gasteiger partial charge on any atom is -0.489 e. The number of rotatable bonds is 5. The van der Waals surface area contributed by atoms with Crippen LogP contribution in [0.4, 0.5) is 0 Å². The van der Waals surface area contributed by atoms with Crippen molar-refractivity contribution >= 4 is 16.8 Å². The molecular weight excluding hydrogens is 428 g/mol. The second-order valence-corrected chi connectivity index (χ2v) is 8.62. The number of fused-ring (bicyclic) bond motifs is 1. The van der Waals surface area contributed by atoms with Crippen LogP contribution in [0.2, 0.25) is 0 Å². The van der Waals surface area contributed by atoms with Crippen molar-refractivity contribution in [2.24, 2.45) is 0 Å². The Hall–Kier alpha value is -3.58. The summed E-state index contributed by atoms with van der Waals surface area (Å²) in [6, 6.07) is 12.0. The van der Waals surface area contributed by atoms with Gasteiger partial charge in [-0.05, 0) is 64.8 Å². The van der Waals surface area contributed by atoms with E-state index < -0.39 is 0 Å². The highest BCUT2D eigenvalue weighted by Gasteiger charge is 2.22. The fraction of sp³-hybridized carbons (Fsp3) is 0.333. The van der Waals surface area contributed by atoms with Gasteiger partial charge in [-0.25, -0.2) is 0 Å². The lowest BCUT2D eigenvalue weighted by Gasteiger charge is -2.12. The molecule has 5 rings (SSSR count). The number of pyridine rings is 3. The predicted octanol–water partition coefficient (Wildman–Crippen LogP) is 5.46. The van der Waals surface area contributed by atoms with Gasteiger partial charge in [-0.1, -0.05) is 6.07 Å². The van der Waals surface area contributed by atoms with E-state index in [0.29, 0.717) is 6.61 Å². The number of Topliss-reactive ketones (excluding diaryl/α,β-unsaturated/α-hetero) is 1. The summed E-state index contributed by atoms with van der Waals surface area (Å²) in [6.45, 7) is 8.39. The minimum atomic E-state index is 0.154. The van der Waals surface area contributed by atoms with Crippen molar-refractivity contribution in [3.05, 3.63) is 60.2 Å². The molecule has 1 unspecified atom stereocenters. The van der Waals surface area contributed by atoms with E-state index in [1.807, 2.05) is 50.4 Å². The van der Waals surface area contributed by atoms with Crippen LogP contribution < -0.4 is 4.74 Å². The van der Waals surface area contributed by atoms with E-state index in [9.17, 15) is 4.79 Å². The first-order valence-corrected chi connectivity index (χ1v) is 11.5. The van der Waals surface area contributed by atoms with E-state index in [4.69, 9.17) is 14.5 Å². The van der Waals surface area contributed by atoms with Gasteiger partial charge in [0.2, 0.25) is 0 Å². The predicted molar refractivity (Wildman–Crippen MR) is 133 cm³/mol. The third-order valence-electron chi connectivity index (χ3n) is 5.40. The standard InChI is InChI=1S/C24H24N4O2.C3H6O/c1-15-12-17(8-10-25-15)22-21(19-7-3-4-9-26-19)24-23(28-22)20(13-16(2)27-24)30-14-18-6-5-11-29-18;1-3(2)4/h3-4,7-10,12-13,18,28H,5-6,11,14H2,1-2H3;1-2H3. The lowest BCUT2D eigenvalue weighted by molar-refractivity contribution is -0.114. The molecule has 4 aromatic heterocycles. The molecule has 1 aliphatic heterocycles. The first-order valence-electron chi connectivity index (χ1n) is 11.5. The molecule has 0 radical (unpaired) electrons. The Bertz CT molecular complexity index is 1270. The molecule has 0 saturated carbocycles. The molecule has 1 aliphatic rings. The van der Waals surface area contributed by atoms with Crippen molar-refractivity contribution in [1.82, 2.24) is 19.9 Å². The molecule has 5 heterocycles. The summed E-state index contributed by atoms with van der Waals surface area (Å²) >= 11 is 0. The third-order valence-corrected chi connectivity index (χ3v) is 5.40. The summed E-state index contributed by atoms with van der Waals surface area (Å²) < 4.78 is 11.9. The van der Waals surface area contributed by atoms with Crippen LogP contribution in [0.3, 0.4) is 0 Å². The van der Waals surface area contributed by atoms with E-state index in [1.165, 1.54) is 13.8 Å². The summed E-state index contributed by atoms with van der Waals surface area (Å²) in [5.74, 6) is 0.960. The van der Waals surface area contributed by atoms with Crippen molar-refractivity contribution in [2.45, 2.75) is 46.6 Å². The van der Waals surface area contributed by atoms with E-state index in [2.05, 4.69) is 21.0 Å². The summed E-state index contributed by atoms with van der Waals surface area (Å²) in [5, 5.41) is 0. The van der Waals surface area contributed by atoms with Gasteiger partial charge >= 0.3 is 0 Å². The fourth-order valence-electron chi connectivity index (χ4n) is 4.00. The molecule has 0 aromatic carbocycles. The normalized spacial score (nSPS) is 15.1. The molecule has 7 nitrogen and oxygen atoms in total. The Labute approximate surface area is 199 Å². The monoisotopic (exact) mass is 458 g/mol. The fourth-order valence-corrected chi connectivity index (χ4v) is 4.00. The Kier molecular flexibility index (Phi) is 7.33. The third kappa shape index (κ3) is 5.48. The Balaban J connectivity index is 0.000000636. The zero-order valence-corrected chi connectivity index (χ0v) is 20.1. The Morgan fingerprint density at radius 2 is 1.94 bits per heavy atom. The number of ketones is 1. The number of carbonyl (C=O) groups excluding carboxylic acids is 1. The van der Waals surface area contributed by atoms with Crippen LogP contribution in [0.25, 0.3) is 33.5 Å². The SMILES string of the molecule is CC(C)=O.Cc1cc(-c2[nH]c3c(OCC4CCCO4)cc(C)nc3c2-c2ccccn2)ccn1. The van der Waals surface area contributed by atoms with Crippen LogP contribution in [0.15, 0.2) is 48.8 Å². The van der Waals surface area contributed by atoms with Crippen LogP contribution in [0.1, 0.15) is 38.1 Å². The molecule has 0 bridgehead atoms. The molecule has 1 atom stereocenters. The second-order valence-electron chi connectivity index (χ2n) is 8.62. The quantitative estimate of drug-likeness (QED) is 0.427. The van der Waals surface area contributed by atoms with E-state index in [0.717, 1.165) is 70.1 Å². The summed E-state index contributed by atoms with van der Waals surface area (Å²) in [7, 11) is 0. The second kappa shape index (κ2) is 10.6. The molecule has 0 aliphatic carbocycles. The van der Waals surface area contributed by atoms with Crippen LogP contribution in [-0.2, 0) is 9.53 Å². The number of aromatic amines is 1. The molecular formula is C27H30N4O3. The Morgan fingerprint density at radius 1 is 1.12 bits per heavy atom. The molecule has 7 heteroatoms. The average Bonchev–Trinajstić information content (AvgIpc) is 3.45. The van der Waals surface area contributed by atoms with Gasteiger partial charge in [-0.15, -0.1) is 0 Å². The zero-order valence-electron chi connectivity index (χ0n) is 20.1. The van der Waals surface area contributed by atoms with Gasteiger partial charge in [0.05, 0.1) is 23.1 Å². The topological polar surface area (TPSA) is 90.0 Å². The maximum atomic E-state index is 9.44. The van der Waals surface area contributed by atoms with Gasteiger partial charge in [-0.2, -0.15) is 0 Å². The van der Waals surface area contributed by atoms with E-state index in [1.54, 1.807) is 6.20 Å². The Morgan fingerprint density at radius 3 is 2.62 bits per heavy atom. The summed E-state index contributed by atoms with van der Waals surface area (Å²) in [6.07, 6.45) is 5.92. The first kappa shape index (κ1) is 23.6. The molecule has 0 spiro atoms. The van der Waals surface area contributed by atoms with Gasteiger partial charge in [0.1, 0.15) is 29.2 Å². The number of hydrogen-bond acceptors (Lipinski definition) is 6. The lowest BCUT2D eigenvalue weighted by Crippen LogP contribution is -2.16. The molecule has 1 saturated heterocycles. The maximum absolute atomic E-state index is 9.44. The lowest BCUT2D eigenvalue weighted by atomic mass is 10.0. The summed E-state index contributed by atoms with van der Waals surface area (Å²) in [4.78, 5) is 26.8. The highest BCUT2D eigenvalue weighted by molar-refractivity contribution is 6.02. The smallest absolute Gasteiger partial charge is 0.146 e. The molecule has 176 valence electrons. The molecule has 1 fully saturated rings. The van der Waals surface area contributed by atoms with Crippen molar-refractivity contribution < 1.29 is 14.3 Å².